The maximum atomic E-state index is 11.4. The molecule has 1 unspecified atom stereocenters. The standard InChI is InChI=1S/C13H18O3/c1-11(15-2)8-9-16-13(14)10-12-6-4-3-5-7-12/h3-7,11H,8-10H2,1-2H3. The van der Waals surface area contributed by atoms with Crippen LogP contribution in [0.2, 0.25) is 0 Å². The molecule has 0 heterocycles. The Balaban J connectivity index is 2.21. The molecule has 1 aromatic rings. The smallest absolute Gasteiger partial charge is 0.310 e. The van der Waals surface area contributed by atoms with Gasteiger partial charge in [0.05, 0.1) is 19.1 Å². The summed E-state index contributed by atoms with van der Waals surface area (Å²) >= 11 is 0. The summed E-state index contributed by atoms with van der Waals surface area (Å²) in [6.45, 7) is 2.37. The van der Waals surface area contributed by atoms with Gasteiger partial charge in [-0.15, -0.1) is 0 Å². The van der Waals surface area contributed by atoms with Crippen molar-refractivity contribution in [3.05, 3.63) is 35.9 Å². The van der Waals surface area contributed by atoms with E-state index < -0.39 is 0 Å². The molecule has 0 fully saturated rings. The van der Waals surface area contributed by atoms with Crippen LogP contribution in [0, 0.1) is 0 Å². The summed E-state index contributed by atoms with van der Waals surface area (Å²) in [4.78, 5) is 11.4. The second-order valence-corrected chi connectivity index (χ2v) is 3.72. The summed E-state index contributed by atoms with van der Waals surface area (Å²) < 4.78 is 10.2. The third-order valence-electron chi connectivity index (χ3n) is 2.38. The van der Waals surface area contributed by atoms with Gasteiger partial charge in [-0.05, 0) is 12.5 Å². The molecular formula is C13H18O3. The van der Waals surface area contributed by atoms with Crippen molar-refractivity contribution >= 4 is 5.97 Å². The summed E-state index contributed by atoms with van der Waals surface area (Å²) in [5.41, 5.74) is 0.979. The Hall–Kier alpha value is -1.35. The lowest BCUT2D eigenvalue weighted by molar-refractivity contribution is -0.143. The summed E-state index contributed by atoms with van der Waals surface area (Å²) in [7, 11) is 1.65. The number of carbonyl (C=O) groups excluding carboxylic acids is 1. The fourth-order valence-corrected chi connectivity index (χ4v) is 1.27. The summed E-state index contributed by atoms with van der Waals surface area (Å²) in [6.07, 6.45) is 1.20. The molecule has 16 heavy (non-hydrogen) atoms. The lowest BCUT2D eigenvalue weighted by atomic mass is 10.2. The van der Waals surface area contributed by atoms with Crippen LogP contribution in [0.25, 0.3) is 0 Å². The molecule has 3 nitrogen and oxygen atoms in total. The Bertz CT molecular complexity index is 308. The van der Waals surface area contributed by atoms with Crippen molar-refractivity contribution in [1.82, 2.24) is 0 Å². The maximum Gasteiger partial charge on any atom is 0.310 e. The zero-order chi connectivity index (χ0) is 11.8. The highest BCUT2D eigenvalue weighted by Crippen LogP contribution is 2.02. The van der Waals surface area contributed by atoms with Crippen LogP contribution in [0.3, 0.4) is 0 Å². The monoisotopic (exact) mass is 222 g/mol. The minimum Gasteiger partial charge on any atom is -0.465 e. The summed E-state index contributed by atoms with van der Waals surface area (Å²) in [6, 6.07) is 9.58. The van der Waals surface area contributed by atoms with E-state index in [1.165, 1.54) is 0 Å². The number of methoxy groups -OCH3 is 1. The minimum absolute atomic E-state index is 0.129. The molecule has 1 rings (SSSR count). The van der Waals surface area contributed by atoms with Crippen LogP contribution in [-0.2, 0) is 20.7 Å². The quantitative estimate of drug-likeness (QED) is 0.692. The van der Waals surface area contributed by atoms with Crippen LogP contribution in [-0.4, -0.2) is 25.8 Å². The molecule has 0 saturated carbocycles. The first-order valence-electron chi connectivity index (χ1n) is 5.44. The van der Waals surface area contributed by atoms with Gasteiger partial charge in [0.1, 0.15) is 0 Å². The predicted octanol–water partition coefficient (Wildman–Crippen LogP) is 2.20. The third-order valence-corrected chi connectivity index (χ3v) is 2.38. The van der Waals surface area contributed by atoms with Gasteiger partial charge in [0.15, 0.2) is 0 Å². The molecule has 0 amide bonds. The molecule has 1 aromatic carbocycles. The van der Waals surface area contributed by atoms with Crippen molar-refractivity contribution in [3.8, 4) is 0 Å². The van der Waals surface area contributed by atoms with E-state index in [0.717, 1.165) is 12.0 Å². The van der Waals surface area contributed by atoms with Crippen molar-refractivity contribution in [1.29, 1.82) is 0 Å². The second-order valence-electron chi connectivity index (χ2n) is 3.72. The molecule has 0 aliphatic rings. The molecule has 0 radical (unpaired) electrons. The van der Waals surface area contributed by atoms with Gasteiger partial charge in [-0.1, -0.05) is 30.3 Å². The highest BCUT2D eigenvalue weighted by atomic mass is 16.5. The van der Waals surface area contributed by atoms with Gasteiger partial charge < -0.3 is 9.47 Å². The molecule has 0 N–H and O–H groups in total. The lowest BCUT2D eigenvalue weighted by Gasteiger charge is -2.09. The maximum absolute atomic E-state index is 11.4. The summed E-state index contributed by atoms with van der Waals surface area (Å²) in [5.74, 6) is -0.186. The number of hydrogen-bond donors (Lipinski definition) is 0. The van der Waals surface area contributed by atoms with Gasteiger partial charge in [0.2, 0.25) is 0 Å². The molecule has 0 aliphatic carbocycles. The highest BCUT2D eigenvalue weighted by Gasteiger charge is 2.05. The molecular weight excluding hydrogens is 204 g/mol. The first-order valence-corrected chi connectivity index (χ1v) is 5.44. The van der Waals surface area contributed by atoms with Crippen LogP contribution in [0.5, 0.6) is 0 Å². The minimum atomic E-state index is -0.186. The van der Waals surface area contributed by atoms with Crippen molar-refractivity contribution in [2.45, 2.75) is 25.9 Å². The molecule has 1 atom stereocenters. The van der Waals surface area contributed by atoms with Crippen LogP contribution in [0.4, 0.5) is 0 Å². The largest absolute Gasteiger partial charge is 0.465 e. The van der Waals surface area contributed by atoms with Gasteiger partial charge in [-0.3, -0.25) is 4.79 Å². The Morgan fingerprint density at radius 1 is 1.31 bits per heavy atom. The predicted molar refractivity (Wildman–Crippen MR) is 62.2 cm³/mol. The number of ether oxygens (including phenoxy) is 2. The molecule has 3 heteroatoms. The normalized spacial score (nSPS) is 12.1. The van der Waals surface area contributed by atoms with Crippen molar-refractivity contribution in [2.24, 2.45) is 0 Å². The molecule has 0 bridgehead atoms. The summed E-state index contributed by atoms with van der Waals surface area (Å²) in [5, 5.41) is 0. The first-order chi connectivity index (χ1) is 7.72. The van der Waals surface area contributed by atoms with E-state index in [1.807, 2.05) is 37.3 Å². The zero-order valence-electron chi connectivity index (χ0n) is 9.81. The SMILES string of the molecule is COC(C)CCOC(=O)Cc1ccccc1. The molecule has 88 valence electrons. The van der Waals surface area contributed by atoms with Crippen LogP contribution >= 0.6 is 0 Å². The number of benzene rings is 1. The number of hydrogen-bond acceptors (Lipinski definition) is 3. The Morgan fingerprint density at radius 2 is 2.00 bits per heavy atom. The number of esters is 1. The van der Waals surface area contributed by atoms with Gasteiger partial charge in [0.25, 0.3) is 0 Å². The van der Waals surface area contributed by atoms with E-state index in [9.17, 15) is 4.79 Å². The average Bonchev–Trinajstić information content (AvgIpc) is 2.30. The first kappa shape index (κ1) is 12.7. The fraction of sp³-hybridized carbons (Fsp3) is 0.462. The molecule has 0 aromatic heterocycles. The number of carbonyl (C=O) groups is 1. The van der Waals surface area contributed by atoms with Crippen LogP contribution < -0.4 is 0 Å². The van der Waals surface area contributed by atoms with E-state index in [4.69, 9.17) is 9.47 Å². The molecule has 0 aliphatic heterocycles. The lowest BCUT2D eigenvalue weighted by Crippen LogP contribution is -2.14. The van der Waals surface area contributed by atoms with E-state index in [-0.39, 0.29) is 12.1 Å². The van der Waals surface area contributed by atoms with E-state index in [0.29, 0.717) is 13.0 Å². The van der Waals surface area contributed by atoms with Crippen LogP contribution in [0.15, 0.2) is 30.3 Å². The van der Waals surface area contributed by atoms with E-state index in [1.54, 1.807) is 7.11 Å². The number of rotatable bonds is 6. The fourth-order valence-electron chi connectivity index (χ4n) is 1.27. The van der Waals surface area contributed by atoms with Gasteiger partial charge >= 0.3 is 5.97 Å². The van der Waals surface area contributed by atoms with Crippen molar-refractivity contribution in [2.75, 3.05) is 13.7 Å². The Kier molecular flexibility index (Phi) is 5.57. The topological polar surface area (TPSA) is 35.5 Å². The molecule has 0 saturated heterocycles. The van der Waals surface area contributed by atoms with E-state index in [2.05, 4.69) is 0 Å². The third kappa shape index (κ3) is 4.94. The zero-order valence-corrected chi connectivity index (χ0v) is 9.81. The van der Waals surface area contributed by atoms with Crippen molar-refractivity contribution < 1.29 is 14.3 Å². The van der Waals surface area contributed by atoms with Crippen LogP contribution in [0.1, 0.15) is 18.9 Å². The second kappa shape index (κ2) is 7.01. The van der Waals surface area contributed by atoms with Crippen molar-refractivity contribution in [3.63, 3.8) is 0 Å². The van der Waals surface area contributed by atoms with Gasteiger partial charge in [-0.25, -0.2) is 0 Å². The highest BCUT2D eigenvalue weighted by molar-refractivity contribution is 5.72. The van der Waals surface area contributed by atoms with Gasteiger partial charge in [-0.2, -0.15) is 0 Å². The average molecular weight is 222 g/mol. The van der Waals surface area contributed by atoms with E-state index >= 15 is 0 Å². The van der Waals surface area contributed by atoms with Gasteiger partial charge in [0, 0.05) is 13.5 Å². The molecule has 0 spiro atoms. The Morgan fingerprint density at radius 3 is 2.62 bits per heavy atom. The Labute approximate surface area is 96.4 Å².